The van der Waals surface area contributed by atoms with E-state index in [-0.39, 0.29) is 10.9 Å². The zero-order valence-corrected chi connectivity index (χ0v) is 11.3. The molecule has 1 heterocycles. The van der Waals surface area contributed by atoms with Crippen LogP contribution in [0.4, 0.5) is 0 Å². The molecule has 2 unspecified atom stereocenters. The number of methoxy groups -OCH3 is 1. The summed E-state index contributed by atoms with van der Waals surface area (Å²) in [6, 6.07) is 6.26. The van der Waals surface area contributed by atoms with Crippen LogP contribution in [0.15, 0.2) is 18.2 Å². The van der Waals surface area contributed by atoms with Gasteiger partial charge in [0.15, 0.2) is 0 Å². The number of hydrogen-bond donors (Lipinski definition) is 0. The summed E-state index contributed by atoms with van der Waals surface area (Å²) >= 11 is 3.73. The van der Waals surface area contributed by atoms with E-state index in [9.17, 15) is 0 Å². The van der Waals surface area contributed by atoms with Crippen molar-refractivity contribution in [3.8, 4) is 5.75 Å². The average Bonchev–Trinajstić information content (AvgIpc) is 2.81. The first-order valence-corrected chi connectivity index (χ1v) is 6.54. The van der Waals surface area contributed by atoms with E-state index < -0.39 is 0 Å². The van der Waals surface area contributed by atoms with E-state index in [1.165, 1.54) is 11.1 Å². The van der Waals surface area contributed by atoms with Crippen LogP contribution in [0.1, 0.15) is 28.8 Å². The zero-order valence-electron chi connectivity index (χ0n) is 9.70. The van der Waals surface area contributed by atoms with Gasteiger partial charge in [0.1, 0.15) is 5.75 Å². The molecule has 2 rings (SSSR count). The third-order valence-corrected chi connectivity index (χ3v) is 4.06. The van der Waals surface area contributed by atoms with E-state index in [0.29, 0.717) is 0 Å². The van der Waals surface area contributed by atoms with Gasteiger partial charge in [0.05, 0.1) is 18.0 Å². The zero-order chi connectivity index (χ0) is 11.5. The third-order valence-electron chi connectivity index (χ3n) is 2.97. The molecule has 0 bridgehead atoms. The Bertz CT molecular complexity index is 359. The first kappa shape index (κ1) is 11.9. The molecule has 88 valence electrons. The van der Waals surface area contributed by atoms with Gasteiger partial charge in [-0.15, -0.1) is 0 Å². The number of benzene rings is 1. The van der Waals surface area contributed by atoms with E-state index in [1.807, 2.05) is 6.07 Å². The fourth-order valence-corrected chi connectivity index (χ4v) is 2.88. The van der Waals surface area contributed by atoms with Crippen LogP contribution in [0, 0.1) is 6.92 Å². The molecule has 2 atom stereocenters. The van der Waals surface area contributed by atoms with Gasteiger partial charge in [0.2, 0.25) is 0 Å². The van der Waals surface area contributed by atoms with Crippen molar-refractivity contribution in [2.75, 3.05) is 13.7 Å². The molecule has 1 saturated heterocycles. The molecule has 1 fully saturated rings. The molecule has 16 heavy (non-hydrogen) atoms. The van der Waals surface area contributed by atoms with Gasteiger partial charge in [-0.3, -0.25) is 0 Å². The molecule has 1 aliphatic rings. The van der Waals surface area contributed by atoms with Crippen molar-refractivity contribution in [1.29, 1.82) is 0 Å². The molecular formula is C13H17BrO2. The Kier molecular flexibility index (Phi) is 3.87. The van der Waals surface area contributed by atoms with Gasteiger partial charge in [-0.2, -0.15) is 0 Å². The van der Waals surface area contributed by atoms with Gasteiger partial charge in [0, 0.05) is 12.2 Å². The molecule has 0 spiro atoms. The summed E-state index contributed by atoms with van der Waals surface area (Å²) in [7, 11) is 1.71. The molecule has 1 aromatic carbocycles. The molecule has 0 amide bonds. The molecule has 1 aliphatic heterocycles. The number of ether oxygens (including phenoxy) is 2. The maximum absolute atomic E-state index is 5.71. The highest BCUT2D eigenvalue weighted by Gasteiger charge is 2.27. The Morgan fingerprint density at radius 3 is 2.94 bits per heavy atom. The van der Waals surface area contributed by atoms with Crippen LogP contribution in [0.5, 0.6) is 5.75 Å². The summed E-state index contributed by atoms with van der Waals surface area (Å²) in [6.45, 7) is 2.97. The van der Waals surface area contributed by atoms with Crippen LogP contribution < -0.4 is 4.74 Å². The Morgan fingerprint density at radius 2 is 2.31 bits per heavy atom. The molecular weight excluding hydrogens is 268 g/mol. The smallest absolute Gasteiger partial charge is 0.123 e. The predicted octanol–water partition coefficient (Wildman–Crippen LogP) is 3.62. The second kappa shape index (κ2) is 5.19. The average molecular weight is 285 g/mol. The quantitative estimate of drug-likeness (QED) is 0.790. The first-order valence-electron chi connectivity index (χ1n) is 5.62. The maximum Gasteiger partial charge on any atom is 0.123 e. The van der Waals surface area contributed by atoms with Crippen LogP contribution in [0.2, 0.25) is 0 Å². The third kappa shape index (κ3) is 2.41. The summed E-state index contributed by atoms with van der Waals surface area (Å²) in [5, 5.41) is 0. The van der Waals surface area contributed by atoms with E-state index in [1.54, 1.807) is 7.11 Å². The second-order valence-electron chi connectivity index (χ2n) is 4.20. The number of halogens is 1. The second-order valence-corrected chi connectivity index (χ2v) is 5.19. The lowest BCUT2D eigenvalue weighted by molar-refractivity contribution is 0.110. The molecule has 0 saturated carbocycles. The van der Waals surface area contributed by atoms with Crippen LogP contribution >= 0.6 is 15.9 Å². The normalized spacial score (nSPS) is 22.1. The van der Waals surface area contributed by atoms with Crippen molar-refractivity contribution in [2.45, 2.75) is 30.7 Å². The van der Waals surface area contributed by atoms with E-state index >= 15 is 0 Å². The topological polar surface area (TPSA) is 18.5 Å². The van der Waals surface area contributed by atoms with Crippen molar-refractivity contribution in [1.82, 2.24) is 0 Å². The van der Waals surface area contributed by atoms with Crippen LogP contribution in [-0.4, -0.2) is 19.8 Å². The van der Waals surface area contributed by atoms with Crippen LogP contribution in [-0.2, 0) is 4.74 Å². The molecule has 0 radical (unpaired) electrons. The largest absolute Gasteiger partial charge is 0.496 e. The summed E-state index contributed by atoms with van der Waals surface area (Å²) in [5.74, 6) is 0.933. The number of aryl methyl sites for hydroxylation is 1. The van der Waals surface area contributed by atoms with Gasteiger partial charge < -0.3 is 9.47 Å². The van der Waals surface area contributed by atoms with E-state index in [0.717, 1.165) is 25.2 Å². The van der Waals surface area contributed by atoms with Crippen LogP contribution in [0.3, 0.4) is 0 Å². The van der Waals surface area contributed by atoms with Crippen molar-refractivity contribution < 1.29 is 9.47 Å². The van der Waals surface area contributed by atoms with Gasteiger partial charge in [-0.1, -0.05) is 33.6 Å². The van der Waals surface area contributed by atoms with Crippen molar-refractivity contribution >= 4 is 15.9 Å². The fourth-order valence-electron chi connectivity index (χ4n) is 2.10. The lowest BCUT2D eigenvalue weighted by Gasteiger charge is -2.20. The highest BCUT2D eigenvalue weighted by molar-refractivity contribution is 9.09. The number of hydrogen-bond acceptors (Lipinski definition) is 2. The minimum Gasteiger partial charge on any atom is -0.496 e. The first-order chi connectivity index (χ1) is 7.72. The SMILES string of the molecule is COc1ccc(C)cc1C(Br)C1CCCO1. The highest BCUT2D eigenvalue weighted by Crippen LogP contribution is 2.38. The van der Waals surface area contributed by atoms with Crippen molar-refractivity contribution in [3.63, 3.8) is 0 Å². The summed E-state index contributed by atoms with van der Waals surface area (Å²) in [5.41, 5.74) is 2.44. The van der Waals surface area contributed by atoms with Gasteiger partial charge in [-0.05, 0) is 25.8 Å². The number of rotatable bonds is 3. The molecule has 0 aromatic heterocycles. The summed E-state index contributed by atoms with van der Waals surface area (Å²) in [4.78, 5) is 0.227. The standard InChI is InChI=1S/C13H17BrO2/c1-9-5-6-11(15-2)10(8-9)13(14)12-4-3-7-16-12/h5-6,8,12-13H,3-4,7H2,1-2H3. The Morgan fingerprint density at radius 1 is 1.50 bits per heavy atom. The lowest BCUT2D eigenvalue weighted by Crippen LogP contribution is -2.13. The molecule has 0 aliphatic carbocycles. The number of alkyl halides is 1. The summed E-state index contributed by atoms with van der Waals surface area (Å²) < 4.78 is 11.1. The molecule has 0 N–H and O–H groups in total. The van der Waals surface area contributed by atoms with Crippen LogP contribution in [0.25, 0.3) is 0 Å². The molecule has 2 nitrogen and oxygen atoms in total. The molecule has 3 heteroatoms. The Hall–Kier alpha value is -0.540. The minimum absolute atomic E-state index is 0.227. The summed E-state index contributed by atoms with van der Waals surface area (Å²) in [6.07, 6.45) is 2.55. The Balaban J connectivity index is 2.26. The van der Waals surface area contributed by atoms with Gasteiger partial charge in [0.25, 0.3) is 0 Å². The molecule has 1 aromatic rings. The van der Waals surface area contributed by atoms with Gasteiger partial charge in [-0.25, -0.2) is 0 Å². The maximum atomic E-state index is 5.71. The lowest BCUT2D eigenvalue weighted by atomic mass is 10.0. The highest BCUT2D eigenvalue weighted by atomic mass is 79.9. The van der Waals surface area contributed by atoms with E-state index in [2.05, 4.69) is 35.0 Å². The van der Waals surface area contributed by atoms with Gasteiger partial charge >= 0.3 is 0 Å². The minimum atomic E-state index is 0.227. The monoisotopic (exact) mass is 284 g/mol. The fraction of sp³-hybridized carbons (Fsp3) is 0.538. The predicted molar refractivity (Wildman–Crippen MR) is 68.4 cm³/mol. The van der Waals surface area contributed by atoms with Crippen molar-refractivity contribution in [2.24, 2.45) is 0 Å². The van der Waals surface area contributed by atoms with Crippen molar-refractivity contribution in [3.05, 3.63) is 29.3 Å². The Labute approximate surface area is 105 Å². The van der Waals surface area contributed by atoms with E-state index in [4.69, 9.17) is 9.47 Å².